The molecule has 1 saturated heterocycles. The van der Waals surface area contributed by atoms with E-state index in [1.165, 1.54) is 16.7 Å². The van der Waals surface area contributed by atoms with Crippen molar-refractivity contribution in [3.63, 3.8) is 0 Å². The summed E-state index contributed by atoms with van der Waals surface area (Å²) in [5.74, 6) is 0.231. The topological polar surface area (TPSA) is 35.6 Å². The van der Waals surface area contributed by atoms with Gasteiger partial charge in [0.2, 0.25) is 5.91 Å². The standard InChI is InChI=1S/C17H27N3O/c1-13-5-6-16(11-14(13)2)15(3)19(4)12-17(21)20-9-7-18-8-10-20/h5-6,11,15,18H,7-10,12H2,1-4H3. The number of carbonyl (C=O) groups is 1. The van der Waals surface area contributed by atoms with Gasteiger partial charge < -0.3 is 10.2 Å². The van der Waals surface area contributed by atoms with Crippen LogP contribution in [0.1, 0.15) is 29.7 Å². The van der Waals surface area contributed by atoms with Crippen molar-refractivity contribution in [1.29, 1.82) is 0 Å². The Bertz CT molecular complexity index is 495. The maximum atomic E-state index is 12.3. The summed E-state index contributed by atoms with van der Waals surface area (Å²) >= 11 is 0. The number of aryl methyl sites for hydroxylation is 2. The summed E-state index contributed by atoms with van der Waals surface area (Å²) in [7, 11) is 2.03. The van der Waals surface area contributed by atoms with Crippen LogP contribution >= 0.6 is 0 Å². The Kier molecular flexibility index (Phi) is 5.37. The molecule has 4 nitrogen and oxygen atoms in total. The first kappa shape index (κ1) is 16.0. The van der Waals surface area contributed by atoms with Crippen LogP contribution in [0.4, 0.5) is 0 Å². The van der Waals surface area contributed by atoms with Gasteiger partial charge in [0.1, 0.15) is 0 Å². The van der Waals surface area contributed by atoms with Crippen LogP contribution in [0, 0.1) is 13.8 Å². The SMILES string of the molecule is Cc1ccc(C(C)N(C)CC(=O)N2CCNCC2)cc1C. The van der Waals surface area contributed by atoms with Gasteiger partial charge in [0.15, 0.2) is 0 Å². The highest BCUT2D eigenvalue weighted by Crippen LogP contribution is 2.21. The number of amides is 1. The molecule has 0 radical (unpaired) electrons. The summed E-state index contributed by atoms with van der Waals surface area (Å²) in [5.41, 5.74) is 3.89. The van der Waals surface area contributed by atoms with Crippen LogP contribution in [0.5, 0.6) is 0 Å². The van der Waals surface area contributed by atoms with Gasteiger partial charge in [-0.25, -0.2) is 0 Å². The van der Waals surface area contributed by atoms with Gasteiger partial charge >= 0.3 is 0 Å². The Morgan fingerprint density at radius 1 is 1.29 bits per heavy atom. The number of piperazine rings is 1. The Balaban J connectivity index is 1.96. The van der Waals surface area contributed by atoms with Crippen molar-refractivity contribution < 1.29 is 4.79 Å². The Labute approximate surface area is 128 Å². The van der Waals surface area contributed by atoms with E-state index < -0.39 is 0 Å². The van der Waals surface area contributed by atoms with E-state index in [1.54, 1.807) is 0 Å². The van der Waals surface area contributed by atoms with Crippen LogP contribution < -0.4 is 5.32 Å². The van der Waals surface area contributed by atoms with Gasteiger partial charge in [-0.3, -0.25) is 9.69 Å². The second-order valence-corrected chi connectivity index (χ2v) is 6.07. The molecule has 2 rings (SSSR count). The van der Waals surface area contributed by atoms with Crippen LogP contribution in [-0.2, 0) is 4.79 Å². The molecule has 1 N–H and O–H groups in total. The lowest BCUT2D eigenvalue weighted by molar-refractivity contribution is -0.133. The predicted molar refractivity (Wildman–Crippen MR) is 86.4 cm³/mol. The number of hydrogen-bond acceptors (Lipinski definition) is 3. The smallest absolute Gasteiger partial charge is 0.236 e. The zero-order valence-corrected chi connectivity index (χ0v) is 13.6. The van der Waals surface area contributed by atoms with E-state index in [4.69, 9.17) is 0 Å². The summed E-state index contributed by atoms with van der Waals surface area (Å²) in [5, 5.41) is 3.28. The molecule has 1 aromatic carbocycles. The minimum absolute atomic E-state index is 0.231. The van der Waals surface area contributed by atoms with Crippen molar-refractivity contribution in [2.75, 3.05) is 39.8 Å². The van der Waals surface area contributed by atoms with Crippen molar-refractivity contribution in [3.8, 4) is 0 Å². The van der Waals surface area contributed by atoms with Crippen molar-refractivity contribution >= 4 is 5.91 Å². The third kappa shape index (κ3) is 4.05. The fourth-order valence-corrected chi connectivity index (χ4v) is 2.64. The van der Waals surface area contributed by atoms with E-state index in [2.05, 4.69) is 49.2 Å². The summed E-state index contributed by atoms with van der Waals surface area (Å²) in [6.45, 7) is 10.4. The minimum atomic E-state index is 0.231. The van der Waals surface area contributed by atoms with E-state index in [1.807, 2.05) is 11.9 Å². The average molecular weight is 289 g/mol. The van der Waals surface area contributed by atoms with Crippen LogP contribution in [0.15, 0.2) is 18.2 Å². The molecule has 1 aliphatic heterocycles. The number of hydrogen-bond donors (Lipinski definition) is 1. The largest absolute Gasteiger partial charge is 0.339 e. The molecule has 0 bridgehead atoms. The number of rotatable bonds is 4. The lowest BCUT2D eigenvalue weighted by Gasteiger charge is -2.31. The lowest BCUT2D eigenvalue weighted by atomic mass is 10.0. The minimum Gasteiger partial charge on any atom is -0.339 e. The van der Waals surface area contributed by atoms with Crippen LogP contribution in [0.25, 0.3) is 0 Å². The maximum absolute atomic E-state index is 12.3. The lowest BCUT2D eigenvalue weighted by Crippen LogP contribution is -2.49. The van der Waals surface area contributed by atoms with E-state index in [9.17, 15) is 4.79 Å². The maximum Gasteiger partial charge on any atom is 0.236 e. The molecule has 0 saturated carbocycles. The monoisotopic (exact) mass is 289 g/mol. The second-order valence-electron chi connectivity index (χ2n) is 6.07. The van der Waals surface area contributed by atoms with Crippen LogP contribution in [0.2, 0.25) is 0 Å². The van der Waals surface area contributed by atoms with Crippen molar-refractivity contribution in [2.24, 2.45) is 0 Å². The van der Waals surface area contributed by atoms with E-state index in [0.29, 0.717) is 6.54 Å². The molecule has 116 valence electrons. The molecular weight excluding hydrogens is 262 g/mol. The molecule has 0 aromatic heterocycles. The van der Waals surface area contributed by atoms with E-state index in [0.717, 1.165) is 26.2 Å². The van der Waals surface area contributed by atoms with Gasteiger partial charge in [-0.1, -0.05) is 18.2 Å². The fourth-order valence-electron chi connectivity index (χ4n) is 2.64. The van der Waals surface area contributed by atoms with Gasteiger partial charge in [0.25, 0.3) is 0 Å². The van der Waals surface area contributed by atoms with Gasteiger partial charge in [-0.05, 0) is 44.5 Å². The normalized spacial score (nSPS) is 17.1. The summed E-state index contributed by atoms with van der Waals surface area (Å²) < 4.78 is 0. The molecule has 0 spiro atoms. The average Bonchev–Trinajstić information content (AvgIpc) is 2.50. The first-order chi connectivity index (χ1) is 9.99. The Hall–Kier alpha value is -1.39. The number of likely N-dealkylation sites (N-methyl/N-ethyl adjacent to an activating group) is 1. The van der Waals surface area contributed by atoms with Crippen LogP contribution in [-0.4, -0.2) is 55.5 Å². The second kappa shape index (κ2) is 7.05. The molecule has 1 unspecified atom stereocenters. The predicted octanol–water partition coefficient (Wildman–Crippen LogP) is 1.73. The number of nitrogens with one attached hydrogen (secondary N) is 1. The Morgan fingerprint density at radius 2 is 1.95 bits per heavy atom. The fraction of sp³-hybridized carbons (Fsp3) is 0.588. The molecule has 1 heterocycles. The molecular formula is C17H27N3O. The van der Waals surface area contributed by atoms with Gasteiger partial charge in [0.05, 0.1) is 6.54 Å². The van der Waals surface area contributed by atoms with E-state index in [-0.39, 0.29) is 11.9 Å². The first-order valence-electron chi connectivity index (χ1n) is 7.75. The third-order valence-corrected chi connectivity index (χ3v) is 4.53. The van der Waals surface area contributed by atoms with Crippen molar-refractivity contribution in [2.45, 2.75) is 26.8 Å². The van der Waals surface area contributed by atoms with Crippen molar-refractivity contribution in [1.82, 2.24) is 15.1 Å². The Morgan fingerprint density at radius 3 is 2.57 bits per heavy atom. The summed E-state index contributed by atoms with van der Waals surface area (Å²) in [6.07, 6.45) is 0. The molecule has 1 amide bonds. The highest BCUT2D eigenvalue weighted by molar-refractivity contribution is 5.78. The molecule has 1 atom stereocenters. The highest BCUT2D eigenvalue weighted by Gasteiger charge is 2.20. The molecule has 21 heavy (non-hydrogen) atoms. The number of benzene rings is 1. The van der Waals surface area contributed by atoms with Crippen LogP contribution in [0.3, 0.4) is 0 Å². The molecule has 1 aliphatic rings. The van der Waals surface area contributed by atoms with Gasteiger partial charge in [-0.15, -0.1) is 0 Å². The van der Waals surface area contributed by atoms with E-state index >= 15 is 0 Å². The van der Waals surface area contributed by atoms with Gasteiger partial charge in [-0.2, -0.15) is 0 Å². The quantitative estimate of drug-likeness (QED) is 0.917. The molecule has 4 heteroatoms. The third-order valence-electron chi connectivity index (χ3n) is 4.53. The first-order valence-corrected chi connectivity index (χ1v) is 7.75. The highest BCUT2D eigenvalue weighted by atomic mass is 16.2. The van der Waals surface area contributed by atoms with Gasteiger partial charge in [0, 0.05) is 32.2 Å². The molecule has 1 fully saturated rings. The molecule has 0 aliphatic carbocycles. The van der Waals surface area contributed by atoms with Crippen molar-refractivity contribution in [3.05, 3.63) is 34.9 Å². The molecule has 1 aromatic rings. The number of nitrogens with zero attached hydrogens (tertiary/aromatic N) is 2. The number of carbonyl (C=O) groups excluding carboxylic acids is 1. The summed E-state index contributed by atoms with van der Waals surface area (Å²) in [6, 6.07) is 6.80. The zero-order chi connectivity index (χ0) is 15.4. The summed E-state index contributed by atoms with van der Waals surface area (Å²) in [4.78, 5) is 16.4. The zero-order valence-electron chi connectivity index (χ0n) is 13.6.